The lowest BCUT2D eigenvalue weighted by Gasteiger charge is -2.18. The lowest BCUT2D eigenvalue weighted by molar-refractivity contribution is -0.127. The smallest absolute Gasteiger partial charge is 0.261 e. The van der Waals surface area contributed by atoms with Gasteiger partial charge in [0.2, 0.25) is 0 Å². The number of anilines is 1. The molecular formula is C15H20N2O2. The van der Waals surface area contributed by atoms with Crippen LogP contribution in [0.5, 0.6) is 5.75 Å². The van der Waals surface area contributed by atoms with E-state index in [0.29, 0.717) is 12.1 Å². The van der Waals surface area contributed by atoms with Crippen molar-refractivity contribution in [3.05, 3.63) is 36.4 Å². The highest BCUT2D eigenvalue weighted by molar-refractivity contribution is 5.81. The van der Waals surface area contributed by atoms with Crippen molar-refractivity contribution >= 4 is 11.6 Å². The molecule has 2 rings (SSSR count). The summed E-state index contributed by atoms with van der Waals surface area (Å²) < 4.78 is 5.87. The first-order chi connectivity index (χ1) is 9.20. The molecule has 102 valence electrons. The van der Waals surface area contributed by atoms with E-state index >= 15 is 0 Å². The Morgan fingerprint density at radius 1 is 1.47 bits per heavy atom. The number of amides is 1. The Labute approximate surface area is 113 Å². The molecule has 0 bridgehead atoms. The van der Waals surface area contributed by atoms with Gasteiger partial charge < -0.3 is 15.8 Å². The average Bonchev–Trinajstić information content (AvgIpc) is 2.58. The van der Waals surface area contributed by atoms with Gasteiger partial charge in [-0.15, -0.1) is 6.58 Å². The van der Waals surface area contributed by atoms with Crippen molar-refractivity contribution in [3.8, 4) is 5.75 Å². The van der Waals surface area contributed by atoms with Gasteiger partial charge in [-0.25, -0.2) is 0 Å². The van der Waals surface area contributed by atoms with Gasteiger partial charge in [0.05, 0.1) is 0 Å². The molecule has 4 heteroatoms. The quantitative estimate of drug-likeness (QED) is 0.643. The summed E-state index contributed by atoms with van der Waals surface area (Å²) >= 11 is 0. The number of ether oxygens (including phenoxy) is 1. The zero-order valence-corrected chi connectivity index (χ0v) is 11.0. The van der Waals surface area contributed by atoms with Crippen LogP contribution in [0.25, 0.3) is 0 Å². The third-order valence-electron chi connectivity index (χ3n) is 3.20. The summed E-state index contributed by atoms with van der Waals surface area (Å²) in [5.41, 5.74) is 7.43. The summed E-state index contributed by atoms with van der Waals surface area (Å²) in [4.78, 5) is 11.9. The number of carbonyl (C=O) groups is 1. The minimum atomic E-state index is -0.408. The highest BCUT2D eigenvalue weighted by Gasteiger charge is 2.23. The summed E-state index contributed by atoms with van der Waals surface area (Å²) in [7, 11) is 0. The lowest BCUT2D eigenvalue weighted by atomic mass is 10.1. The number of rotatable bonds is 4. The molecule has 0 saturated carbocycles. The second-order valence-corrected chi connectivity index (χ2v) is 4.75. The second kappa shape index (κ2) is 6.27. The van der Waals surface area contributed by atoms with Crippen molar-refractivity contribution in [2.75, 3.05) is 12.3 Å². The van der Waals surface area contributed by atoms with E-state index in [9.17, 15) is 4.79 Å². The monoisotopic (exact) mass is 260 g/mol. The molecule has 3 N–H and O–H groups in total. The highest BCUT2D eigenvalue weighted by Crippen LogP contribution is 2.25. The maximum atomic E-state index is 11.9. The van der Waals surface area contributed by atoms with E-state index in [2.05, 4.69) is 11.9 Å². The SMILES string of the molecule is C=CCc1cc(N)ccc1OC1CCCCNC1=O. The molecule has 1 aliphatic rings. The Bertz CT molecular complexity index is 471. The Kier molecular flexibility index (Phi) is 4.44. The number of nitrogens with two attached hydrogens (primary N) is 1. The lowest BCUT2D eigenvalue weighted by Crippen LogP contribution is -2.36. The van der Waals surface area contributed by atoms with Crippen LogP contribution in [0, 0.1) is 0 Å². The van der Waals surface area contributed by atoms with Gasteiger partial charge in [-0.3, -0.25) is 4.79 Å². The van der Waals surface area contributed by atoms with Crippen molar-refractivity contribution in [1.82, 2.24) is 5.32 Å². The van der Waals surface area contributed by atoms with Crippen LogP contribution in [0.1, 0.15) is 24.8 Å². The zero-order valence-electron chi connectivity index (χ0n) is 11.0. The minimum Gasteiger partial charge on any atom is -0.480 e. The summed E-state index contributed by atoms with van der Waals surface area (Å²) in [6.45, 7) is 4.46. The Morgan fingerprint density at radius 3 is 3.11 bits per heavy atom. The number of nitrogens with one attached hydrogen (secondary N) is 1. The largest absolute Gasteiger partial charge is 0.480 e. The summed E-state index contributed by atoms with van der Waals surface area (Å²) in [6, 6.07) is 5.48. The molecule has 4 nitrogen and oxygen atoms in total. The number of hydrogen-bond donors (Lipinski definition) is 2. The molecule has 19 heavy (non-hydrogen) atoms. The third kappa shape index (κ3) is 3.50. The molecule has 1 atom stereocenters. The molecule has 1 saturated heterocycles. The van der Waals surface area contributed by atoms with Crippen LogP contribution in [0.4, 0.5) is 5.69 Å². The van der Waals surface area contributed by atoms with Crippen LogP contribution in [0.3, 0.4) is 0 Å². The number of nitrogen functional groups attached to an aromatic ring is 1. The zero-order chi connectivity index (χ0) is 13.7. The first-order valence-electron chi connectivity index (χ1n) is 6.64. The fraction of sp³-hybridized carbons (Fsp3) is 0.400. The average molecular weight is 260 g/mol. The number of allylic oxidation sites excluding steroid dienone is 1. The molecule has 1 heterocycles. The Morgan fingerprint density at radius 2 is 2.32 bits per heavy atom. The third-order valence-corrected chi connectivity index (χ3v) is 3.20. The number of hydrogen-bond acceptors (Lipinski definition) is 3. The maximum absolute atomic E-state index is 11.9. The van der Waals surface area contributed by atoms with Crippen molar-refractivity contribution in [2.45, 2.75) is 31.8 Å². The topological polar surface area (TPSA) is 64.3 Å². The van der Waals surface area contributed by atoms with Crippen molar-refractivity contribution in [1.29, 1.82) is 0 Å². The first-order valence-corrected chi connectivity index (χ1v) is 6.64. The predicted molar refractivity (Wildman–Crippen MR) is 76.0 cm³/mol. The van der Waals surface area contributed by atoms with E-state index in [4.69, 9.17) is 10.5 Å². The molecule has 1 amide bonds. The Balaban J connectivity index is 2.16. The number of benzene rings is 1. The summed E-state index contributed by atoms with van der Waals surface area (Å²) in [6.07, 6.45) is 4.82. The van der Waals surface area contributed by atoms with Crippen molar-refractivity contribution in [2.24, 2.45) is 0 Å². The first kappa shape index (κ1) is 13.5. The summed E-state index contributed by atoms with van der Waals surface area (Å²) in [5, 5.41) is 2.87. The van der Waals surface area contributed by atoms with E-state index < -0.39 is 6.10 Å². The van der Waals surface area contributed by atoms with Gasteiger partial charge >= 0.3 is 0 Å². The van der Waals surface area contributed by atoms with Gasteiger partial charge in [-0.2, -0.15) is 0 Å². The molecule has 1 aromatic carbocycles. The Hall–Kier alpha value is -1.97. The molecular weight excluding hydrogens is 240 g/mol. The van der Waals surface area contributed by atoms with Crippen LogP contribution in [0.15, 0.2) is 30.9 Å². The highest BCUT2D eigenvalue weighted by atomic mass is 16.5. The molecule has 0 aromatic heterocycles. The van der Waals surface area contributed by atoms with E-state index in [1.807, 2.05) is 12.1 Å². The van der Waals surface area contributed by atoms with Crippen molar-refractivity contribution < 1.29 is 9.53 Å². The standard InChI is InChI=1S/C15H20N2O2/c1-2-5-11-10-12(16)7-8-13(11)19-14-6-3-4-9-17-15(14)18/h2,7-8,10,14H,1,3-6,9,16H2,(H,17,18). The second-order valence-electron chi connectivity index (χ2n) is 4.75. The molecule has 0 aliphatic carbocycles. The molecule has 0 spiro atoms. The fourth-order valence-electron chi connectivity index (χ4n) is 2.21. The van der Waals surface area contributed by atoms with Crippen LogP contribution in [0.2, 0.25) is 0 Å². The normalized spacial score (nSPS) is 19.4. The number of carbonyl (C=O) groups excluding carboxylic acids is 1. The molecule has 1 aromatic rings. The maximum Gasteiger partial charge on any atom is 0.261 e. The van der Waals surface area contributed by atoms with E-state index in [1.54, 1.807) is 12.1 Å². The van der Waals surface area contributed by atoms with Crippen LogP contribution < -0.4 is 15.8 Å². The molecule has 0 radical (unpaired) electrons. The van der Waals surface area contributed by atoms with Crippen molar-refractivity contribution in [3.63, 3.8) is 0 Å². The van der Waals surface area contributed by atoms with Crippen LogP contribution in [-0.2, 0) is 11.2 Å². The van der Waals surface area contributed by atoms with Crippen LogP contribution in [-0.4, -0.2) is 18.6 Å². The molecule has 1 aliphatic heterocycles. The van der Waals surface area contributed by atoms with Crippen LogP contribution >= 0.6 is 0 Å². The van der Waals surface area contributed by atoms with Gasteiger partial charge in [-0.05, 0) is 49.4 Å². The minimum absolute atomic E-state index is 0.0288. The van der Waals surface area contributed by atoms with E-state index in [-0.39, 0.29) is 5.91 Å². The van der Waals surface area contributed by atoms with E-state index in [1.165, 1.54) is 0 Å². The van der Waals surface area contributed by atoms with E-state index in [0.717, 1.165) is 37.1 Å². The van der Waals surface area contributed by atoms with Gasteiger partial charge in [-0.1, -0.05) is 6.08 Å². The molecule has 1 unspecified atom stereocenters. The van der Waals surface area contributed by atoms with Gasteiger partial charge in [0.15, 0.2) is 6.10 Å². The predicted octanol–water partition coefficient (Wildman–Crippen LogP) is 2.04. The van der Waals surface area contributed by atoms with Gasteiger partial charge in [0.1, 0.15) is 5.75 Å². The van der Waals surface area contributed by atoms with Gasteiger partial charge in [0.25, 0.3) is 5.91 Å². The molecule has 1 fully saturated rings. The van der Waals surface area contributed by atoms with Gasteiger partial charge in [0, 0.05) is 12.2 Å². The fourth-order valence-corrected chi connectivity index (χ4v) is 2.21. The summed E-state index contributed by atoms with van der Waals surface area (Å²) in [5.74, 6) is 0.690.